The maximum absolute atomic E-state index is 12.3. The Morgan fingerprint density at radius 3 is 2.07 bits per heavy atom. The summed E-state index contributed by atoms with van der Waals surface area (Å²) in [6.45, 7) is 7.25. The Morgan fingerprint density at radius 2 is 1.54 bits per heavy atom. The molecule has 0 atom stereocenters. The van der Waals surface area contributed by atoms with Crippen LogP contribution in [0.1, 0.15) is 29.8 Å². The Hall–Kier alpha value is -2.86. The number of nitrogens with zero attached hydrogens (tertiary/aromatic N) is 2. The van der Waals surface area contributed by atoms with Crippen molar-refractivity contribution in [3.05, 3.63) is 59.7 Å². The van der Waals surface area contributed by atoms with E-state index in [0.29, 0.717) is 17.8 Å². The molecule has 2 amide bonds. The summed E-state index contributed by atoms with van der Waals surface area (Å²) in [7, 11) is 3.51. The molecular formula is C22H30N4O2. The van der Waals surface area contributed by atoms with Gasteiger partial charge in [0.05, 0.1) is 6.54 Å². The Labute approximate surface area is 167 Å². The molecule has 2 aromatic carbocycles. The summed E-state index contributed by atoms with van der Waals surface area (Å²) in [5, 5.41) is 5.43. The molecule has 0 spiro atoms. The highest BCUT2D eigenvalue weighted by Gasteiger charge is 2.09. The van der Waals surface area contributed by atoms with Gasteiger partial charge in [-0.05, 0) is 62.9 Å². The van der Waals surface area contributed by atoms with E-state index in [2.05, 4.69) is 53.6 Å². The fourth-order valence-corrected chi connectivity index (χ4v) is 3.06. The molecule has 0 saturated heterocycles. The summed E-state index contributed by atoms with van der Waals surface area (Å²) < 4.78 is 0. The van der Waals surface area contributed by atoms with Gasteiger partial charge in [0, 0.05) is 43.6 Å². The third-order valence-electron chi connectivity index (χ3n) is 4.59. The van der Waals surface area contributed by atoms with Gasteiger partial charge < -0.3 is 15.5 Å². The maximum Gasteiger partial charge on any atom is 0.251 e. The minimum absolute atomic E-state index is 0.0880. The molecule has 150 valence electrons. The molecular weight excluding hydrogens is 352 g/mol. The molecule has 6 heteroatoms. The van der Waals surface area contributed by atoms with Crippen LogP contribution in [0.4, 0.5) is 11.4 Å². The highest BCUT2D eigenvalue weighted by atomic mass is 16.2. The molecule has 2 N–H and O–H groups in total. The number of carbonyl (C=O) groups is 2. The first-order valence-corrected chi connectivity index (χ1v) is 9.61. The van der Waals surface area contributed by atoms with Crippen molar-refractivity contribution in [3.8, 4) is 0 Å². The highest BCUT2D eigenvalue weighted by molar-refractivity contribution is 5.96. The summed E-state index contributed by atoms with van der Waals surface area (Å²) >= 11 is 0. The lowest BCUT2D eigenvalue weighted by Gasteiger charge is -2.22. The van der Waals surface area contributed by atoms with E-state index < -0.39 is 0 Å². The zero-order chi connectivity index (χ0) is 20.5. The summed E-state index contributed by atoms with van der Waals surface area (Å²) in [4.78, 5) is 28.1. The molecule has 0 aliphatic heterocycles. The zero-order valence-electron chi connectivity index (χ0n) is 17.2. The SMILES string of the molecule is CCN(CC)c1ccc(CN(C)CC(=O)Nc2ccc(C(=O)NC)cc2)cc1. The van der Waals surface area contributed by atoms with Crippen LogP contribution in [0.3, 0.4) is 0 Å². The van der Waals surface area contributed by atoms with E-state index in [-0.39, 0.29) is 18.4 Å². The summed E-state index contributed by atoms with van der Waals surface area (Å²) in [5.41, 5.74) is 3.62. The van der Waals surface area contributed by atoms with Gasteiger partial charge in [0.2, 0.25) is 5.91 Å². The Balaban J connectivity index is 1.86. The largest absolute Gasteiger partial charge is 0.372 e. The van der Waals surface area contributed by atoms with Gasteiger partial charge in [0.15, 0.2) is 0 Å². The number of nitrogens with one attached hydrogen (secondary N) is 2. The van der Waals surface area contributed by atoms with Gasteiger partial charge in [-0.25, -0.2) is 0 Å². The number of benzene rings is 2. The summed E-state index contributed by atoms with van der Waals surface area (Å²) in [5.74, 6) is -0.237. The zero-order valence-corrected chi connectivity index (χ0v) is 17.2. The Morgan fingerprint density at radius 1 is 0.929 bits per heavy atom. The van der Waals surface area contributed by atoms with Crippen LogP contribution in [0.15, 0.2) is 48.5 Å². The standard InChI is InChI=1S/C22H30N4O2/c1-5-26(6-2)20-13-7-17(8-14-20)15-25(4)16-21(27)24-19-11-9-18(10-12-19)22(28)23-3/h7-14H,5-6,15-16H2,1-4H3,(H,23,28)(H,24,27). The third-order valence-corrected chi connectivity index (χ3v) is 4.59. The molecule has 0 aromatic heterocycles. The van der Waals surface area contributed by atoms with E-state index >= 15 is 0 Å². The third kappa shape index (κ3) is 6.09. The highest BCUT2D eigenvalue weighted by Crippen LogP contribution is 2.16. The van der Waals surface area contributed by atoms with Gasteiger partial charge in [-0.2, -0.15) is 0 Å². The summed E-state index contributed by atoms with van der Waals surface area (Å²) in [6.07, 6.45) is 0. The van der Waals surface area contributed by atoms with Crippen molar-refractivity contribution in [1.29, 1.82) is 0 Å². The van der Waals surface area contributed by atoms with Crippen molar-refractivity contribution in [3.63, 3.8) is 0 Å². The molecule has 0 fully saturated rings. The number of likely N-dealkylation sites (N-methyl/N-ethyl adjacent to an activating group) is 1. The number of anilines is 2. The van der Waals surface area contributed by atoms with E-state index in [1.165, 1.54) is 11.3 Å². The molecule has 28 heavy (non-hydrogen) atoms. The maximum atomic E-state index is 12.3. The molecule has 0 saturated carbocycles. The fourth-order valence-electron chi connectivity index (χ4n) is 3.06. The van der Waals surface area contributed by atoms with Crippen molar-refractivity contribution in [2.75, 3.05) is 43.9 Å². The van der Waals surface area contributed by atoms with Gasteiger partial charge in [-0.3, -0.25) is 14.5 Å². The molecule has 0 bridgehead atoms. The van der Waals surface area contributed by atoms with Crippen molar-refractivity contribution in [1.82, 2.24) is 10.2 Å². The molecule has 0 aliphatic carbocycles. The minimum atomic E-state index is -0.148. The van der Waals surface area contributed by atoms with E-state index in [9.17, 15) is 9.59 Å². The number of hydrogen-bond donors (Lipinski definition) is 2. The van der Waals surface area contributed by atoms with Crippen LogP contribution >= 0.6 is 0 Å². The number of rotatable bonds is 9. The van der Waals surface area contributed by atoms with Gasteiger partial charge in [-0.1, -0.05) is 12.1 Å². The number of hydrogen-bond acceptors (Lipinski definition) is 4. The molecule has 0 unspecified atom stereocenters. The second kappa shape index (κ2) is 10.5. The van der Waals surface area contributed by atoms with Crippen molar-refractivity contribution >= 4 is 23.2 Å². The fraction of sp³-hybridized carbons (Fsp3) is 0.364. The second-order valence-electron chi connectivity index (χ2n) is 6.72. The Kier molecular flexibility index (Phi) is 8.02. The van der Waals surface area contributed by atoms with Crippen LogP contribution in [-0.4, -0.2) is 50.4 Å². The molecule has 0 aliphatic rings. The van der Waals surface area contributed by atoms with Crippen LogP contribution < -0.4 is 15.5 Å². The van der Waals surface area contributed by atoms with Crippen LogP contribution in [-0.2, 0) is 11.3 Å². The summed E-state index contributed by atoms with van der Waals surface area (Å²) in [6, 6.07) is 15.3. The van der Waals surface area contributed by atoms with E-state index in [1.54, 1.807) is 31.3 Å². The predicted molar refractivity (Wildman–Crippen MR) is 115 cm³/mol. The van der Waals surface area contributed by atoms with Gasteiger partial charge >= 0.3 is 0 Å². The lowest BCUT2D eigenvalue weighted by Crippen LogP contribution is -2.30. The van der Waals surface area contributed by atoms with Crippen molar-refractivity contribution in [2.24, 2.45) is 0 Å². The average molecular weight is 383 g/mol. The van der Waals surface area contributed by atoms with Gasteiger partial charge in [-0.15, -0.1) is 0 Å². The monoisotopic (exact) mass is 382 g/mol. The Bertz CT molecular complexity index is 768. The topological polar surface area (TPSA) is 64.7 Å². The molecule has 0 radical (unpaired) electrons. The first-order chi connectivity index (χ1) is 13.5. The van der Waals surface area contributed by atoms with Gasteiger partial charge in [0.25, 0.3) is 5.91 Å². The second-order valence-corrected chi connectivity index (χ2v) is 6.72. The number of carbonyl (C=O) groups excluding carboxylic acids is 2. The van der Waals surface area contributed by atoms with E-state index in [0.717, 1.165) is 13.1 Å². The minimum Gasteiger partial charge on any atom is -0.372 e. The predicted octanol–water partition coefficient (Wildman–Crippen LogP) is 2.96. The van der Waals surface area contributed by atoms with Crippen LogP contribution in [0.2, 0.25) is 0 Å². The van der Waals surface area contributed by atoms with Crippen LogP contribution in [0, 0.1) is 0 Å². The number of amides is 2. The molecule has 2 rings (SSSR count). The van der Waals surface area contributed by atoms with Crippen molar-refractivity contribution < 1.29 is 9.59 Å². The lowest BCUT2D eigenvalue weighted by molar-refractivity contribution is -0.117. The molecule has 6 nitrogen and oxygen atoms in total. The normalized spacial score (nSPS) is 10.6. The van der Waals surface area contributed by atoms with Crippen molar-refractivity contribution in [2.45, 2.75) is 20.4 Å². The quantitative estimate of drug-likeness (QED) is 0.700. The van der Waals surface area contributed by atoms with E-state index in [4.69, 9.17) is 0 Å². The van der Waals surface area contributed by atoms with Gasteiger partial charge in [0.1, 0.15) is 0 Å². The lowest BCUT2D eigenvalue weighted by atomic mass is 10.2. The van der Waals surface area contributed by atoms with Crippen LogP contribution in [0.5, 0.6) is 0 Å². The average Bonchev–Trinajstić information content (AvgIpc) is 2.70. The first kappa shape index (κ1) is 21.4. The molecule has 2 aromatic rings. The van der Waals surface area contributed by atoms with E-state index in [1.807, 2.05) is 11.9 Å². The smallest absolute Gasteiger partial charge is 0.251 e. The van der Waals surface area contributed by atoms with Crippen LogP contribution in [0.25, 0.3) is 0 Å². The molecule has 0 heterocycles. The first-order valence-electron chi connectivity index (χ1n) is 9.61.